The second-order valence-corrected chi connectivity index (χ2v) is 5.87. The van der Waals surface area contributed by atoms with Crippen LogP contribution in [0.4, 0.5) is 0 Å². The van der Waals surface area contributed by atoms with Gasteiger partial charge in [0.25, 0.3) is 0 Å². The third-order valence-corrected chi connectivity index (χ3v) is 4.50. The van der Waals surface area contributed by atoms with Gasteiger partial charge >= 0.3 is 0 Å². The van der Waals surface area contributed by atoms with E-state index in [1.807, 2.05) is 42.2 Å². The molecule has 1 aromatic carbocycles. The van der Waals surface area contributed by atoms with Crippen molar-refractivity contribution in [1.82, 2.24) is 29.1 Å². The predicted molar refractivity (Wildman–Crippen MR) is 89.6 cm³/mol. The molecule has 0 saturated carbocycles. The van der Waals surface area contributed by atoms with Crippen LogP contribution in [0.25, 0.3) is 38.7 Å². The Morgan fingerprint density at radius 1 is 1.17 bits per heavy atom. The molecular weight excluding hydrogens is 312 g/mol. The summed E-state index contributed by atoms with van der Waals surface area (Å²) in [4.78, 5) is 12.1. The van der Waals surface area contributed by atoms with Crippen molar-refractivity contribution >= 4 is 39.2 Å². The van der Waals surface area contributed by atoms with E-state index in [9.17, 15) is 0 Å². The van der Waals surface area contributed by atoms with E-state index in [2.05, 4.69) is 20.1 Å². The second kappa shape index (κ2) is 4.33. The number of H-pyrrole nitrogens is 1. The van der Waals surface area contributed by atoms with E-state index in [1.54, 1.807) is 17.2 Å². The van der Waals surface area contributed by atoms with E-state index >= 15 is 0 Å². The van der Waals surface area contributed by atoms with E-state index < -0.39 is 0 Å². The van der Waals surface area contributed by atoms with Crippen molar-refractivity contribution < 1.29 is 0 Å². The van der Waals surface area contributed by atoms with Crippen molar-refractivity contribution in [2.75, 3.05) is 0 Å². The third kappa shape index (κ3) is 1.66. The van der Waals surface area contributed by atoms with Crippen molar-refractivity contribution in [3.05, 3.63) is 48.3 Å². The highest BCUT2D eigenvalue weighted by Gasteiger charge is 2.16. The first-order chi connectivity index (χ1) is 11.2. The minimum absolute atomic E-state index is 0.685. The number of benzene rings is 1. The van der Waals surface area contributed by atoms with Gasteiger partial charge in [-0.3, -0.25) is 9.08 Å². The minimum Gasteiger partial charge on any atom is -0.345 e. The quantitative estimate of drug-likeness (QED) is 0.514. The van der Waals surface area contributed by atoms with Crippen LogP contribution in [0, 0.1) is 0 Å². The molecule has 0 amide bonds. The van der Waals surface area contributed by atoms with E-state index in [4.69, 9.17) is 11.6 Å². The van der Waals surface area contributed by atoms with Crippen LogP contribution in [0.15, 0.2) is 43.2 Å². The lowest BCUT2D eigenvalue weighted by Gasteiger charge is -2.04. The molecule has 0 radical (unpaired) electrons. The van der Waals surface area contributed by atoms with Crippen LogP contribution in [0.3, 0.4) is 0 Å². The Morgan fingerprint density at radius 3 is 3.00 bits per heavy atom. The molecule has 0 fully saturated rings. The Bertz CT molecular complexity index is 1200. The summed E-state index contributed by atoms with van der Waals surface area (Å²) < 4.78 is 3.67. The Morgan fingerprint density at radius 2 is 2.09 bits per heavy atom. The molecule has 0 saturated heterocycles. The zero-order chi connectivity index (χ0) is 15.6. The number of aryl methyl sites for hydroxylation is 1. The third-order valence-electron chi connectivity index (χ3n) is 4.09. The Kier molecular flexibility index (Phi) is 2.38. The molecule has 1 N–H and O–H groups in total. The number of nitrogens with zero attached hydrogens (tertiary/aromatic N) is 5. The maximum Gasteiger partial charge on any atom is 0.149 e. The molecule has 0 atom stereocenters. The van der Waals surface area contributed by atoms with Crippen molar-refractivity contribution in [3.63, 3.8) is 0 Å². The highest BCUT2D eigenvalue weighted by Crippen LogP contribution is 2.38. The highest BCUT2D eigenvalue weighted by atomic mass is 35.5. The average molecular weight is 323 g/mol. The Hall–Kier alpha value is -2.86. The van der Waals surface area contributed by atoms with Crippen LogP contribution in [0.2, 0.25) is 5.02 Å². The van der Waals surface area contributed by atoms with Gasteiger partial charge in [0.15, 0.2) is 0 Å². The summed E-state index contributed by atoms with van der Waals surface area (Å²) in [6.07, 6.45) is 9.25. The minimum atomic E-state index is 0.685. The zero-order valence-electron chi connectivity index (χ0n) is 12.2. The Balaban J connectivity index is 1.90. The van der Waals surface area contributed by atoms with E-state index in [0.717, 1.165) is 38.7 Å². The van der Waals surface area contributed by atoms with Crippen LogP contribution >= 0.6 is 11.6 Å². The molecule has 23 heavy (non-hydrogen) atoms. The van der Waals surface area contributed by atoms with E-state index in [1.165, 1.54) is 0 Å². The molecule has 5 rings (SSSR count). The summed E-state index contributed by atoms with van der Waals surface area (Å²) in [6.45, 7) is 0. The van der Waals surface area contributed by atoms with Gasteiger partial charge in [-0.05, 0) is 6.07 Å². The maximum atomic E-state index is 6.66. The number of halogens is 1. The Labute approximate surface area is 135 Å². The van der Waals surface area contributed by atoms with Crippen LogP contribution in [-0.4, -0.2) is 29.1 Å². The summed E-state index contributed by atoms with van der Waals surface area (Å²) in [5.41, 5.74) is 4.45. The fourth-order valence-corrected chi connectivity index (χ4v) is 3.37. The first-order valence-electron chi connectivity index (χ1n) is 7.13. The summed E-state index contributed by atoms with van der Waals surface area (Å²) >= 11 is 6.66. The molecule has 4 heterocycles. The molecule has 0 bridgehead atoms. The number of aromatic amines is 1. The topological polar surface area (TPSA) is 63.8 Å². The first kappa shape index (κ1) is 12.7. The number of nitrogens with one attached hydrogen (secondary N) is 1. The van der Waals surface area contributed by atoms with Crippen LogP contribution in [-0.2, 0) is 7.05 Å². The summed E-state index contributed by atoms with van der Waals surface area (Å²) in [5.74, 6) is 0. The normalized spacial score (nSPS) is 11.9. The molecule has 0 aliphatic rings. The molecule has 0 aliphatic heterocycles. The van der Waals surface area contributed by atoms with Crippen LogP contribution in [0.5, 0.6) is 0 Å². The van der Waals surface area contributed by atoms with Crippen molar-refractivity contribution in [1.29, 1.82) is 0 Å². The van der Waals surface area contributed by atoms with E-state index in [0.29, 0.717) is 5.02 Å². The van der Waals surface area contributed by atoms with Crippen molar-refractivity contribution in [2.45, 2.75) is 0 Å². The van der Waals surface area contributed by atoms with Gasteiger partial charge < -0.3 is 4.98 Å². The summed E-state index contributed by atoms with van der Waals surface area (Å²) in [7, 11) is 1.89. The lowest BCUT2D eigenvalue weighted by molar-refractivity contribution is 0.780. The SMILES string of the molecule is Cn1cc2c(Cl)c(-c3c[nH]c4ncn5ccnc5c34)ccc2n1. The number of hydrogen-bond donors (Lipinski definition) is 1. The first-order valence-corrected chi connectivity index (χ1v) is 7.51. The fourth-order valence-electron chi connectivity index (χ4n) is 3.06. The van der Waals surface area contributed by atoms with Gasteiger partial charge in [-0.15, -0.1) is 0 Å². The molecule has 0 spiro atoms. The van der Waals surface area contributed by atoms with Gasteiger partial charge in [-0.25, -0.2) is 9.97 Å². The second-order valence-electron chi connectivity index (χ2n) is 5.49. The van der Waals surface area contributed by atoms with Crippen LogP contribution < -0.4 is 0 Å². The molecule has 7 heteroatoms. The van der Waals surface area contributed by atoms with E-state index in [-0.39, 0.29) is 0 Å². The standard InChI is InChI=1S/C16H11ClN6/c1-22-7-11-12(21-22)3-2-9(14(11)17)10-6-19-15-13(10)16-18-4-5-23(16)8-20-15/h2-8,19H,1H3. The van der Waals surface area contributed by atoms with Crippen molar-refractivity contribution in [3.8, 4) is 11.1 Å². The van der Waals surface area contributed by atoms with Gasteiger partial charge in [0, 0.05) is 48.3 Å². The highest BCUT2D eigenvalue weighted by molar-refractivity contribution is 6.38. The van der Waals surface area contributed by atoms with Gasteiger partial charge in [0.05, 0.1) is 15.9 Å². The fraction of sp³-hybridized carbons (Fsp3) is 0.0625. The number of aromatic nitrogens is 6. The molecule has 6 nitrogen and oxygen atoms in total. The number of rotatable bonds is 1. The van der Waals surface area contributed by atoms with Gasteiger partial charge in [-0.1, -0.05) is 17.7 Å². The van der Waals surface area contributed by atoms with Gasteiger partial charge in [0.1, 0.15) is 17.6 Å². The van der Waals surface area contributed by atoms with Crippen molar-refractivity contribution in [2.24, 2.45) is 7.05 Å². The molecule has 112 valence electrons. The summed E-state index contributed by atoms with van der Waals surface area (Å²) in [5, 5.41) is 6.98. The predicted octanol–water partition coefficient (Wildman–Crippen LogP) is 3.42. The lowest BCUT2D eigenvalue weighted by atomic mass is 10.0. The lowest BCUT2D eigenvalue weighted by Crippen LogP contribution is -1.88. The smallest absolute Gasteiger partial charge is 0.149 e. The monoisotopic (exact) mass is 322 g/mol. The zero-order valence-corrected chi connectivity index (χ0v) is 12.9. The molecule has 4 aromatic heterocycles. The molecular formula is C16H11ClN6. The molecule has 0 unspecified atom stereocenters. The largest absolute Gasteiger partial charge is 0.345 e. The van der Waals surface area contributed by atoms with Gasteiger partial charge in [0.2, 0.25) is 0 Å². The van der Waals surface area contributed by atoms with Crippen LogP contribution in [0.1, 0.15) is 0 Å². The maximum absolute atomic E-state index is 6.66. The number of imidazole rings is 1. The number of hydrogen-bond acceptors (Lipinski definition) is 3. The summed E-state index contributed by atoms with van der Waals surface area (Å²) in [6, 6.07) is 3.97. The molecule has 5 aromatic rings. The number of fused-ring (bicyclic) bond motifs is 4. The van der Waals surface area contributed by atoms with Gasteiger partial charge in [-0.2, -0.15) is 5.10 Å². The average Bonchev–Trinajstić information content (AvgIpc) is 3.23. The molecule has 0 aliphatic carbocycles.